The number of carbonyl (C=O) groups excluding carboxylic acids is 1. The largest absolute Gasteiger partial charge is 0.494 e. The summed E-state index contributed by atoms with van der Waals surface area (Å²) in [4.78, 5) is 25.4. The molecule has 0 bridgehead atoms. The van der Waals surface area contributed by atoms with Crippen LogP contribution in [0.3, 0.4) is 0 Å². The van der Waals surface area contributed by atoms with E-state index in [2.05, 4.69) is 10.4 Å². The molecule has 0 aliphatic heterocycles. The van der Waals surface area contributed by atoms with E-state index in [1.165, 1.54) is 4.68 Å². The molecule has 0 atom stereocenters. The number of hydrogen-bond donors (Lipinski definition) is 1. The van der Waals surface area contributed by atoms with Crippen LogP contribution < -0.4 is 20.3 Å². The summed E-state index contributed by atoms with van der Waals surface area (Å²) in [5, 5.41) is 8.21. The molecule has 30 heavy (non-hydrogen) atoms. The van der Waals surface area contributed by atoms with Crippen LogP contribution in [0.15, 0.2) is 53.3 Å². The molecule has 3 rings (SSSR count). The number of ether oxygens (including phenoxy) is 2. The maximum absolute atomic E-state index is 12.8. The zero-order valence-electron chi connectivity index (χ0n) is 17.6. The minimum atomic E-state index is -0.334. The summed E-state index contributed by atoms with van der Waals surface area (Å²) < 4.78 is 12.4. The number of carbonyl (C=O) groups is 1. The predicted octanol–water partition coefficient (Wildman–Crippen LogP) is 3.26. The lowest BCUT2D eigenvalue weighted by atomic mass is 10.1. The van der Waals surface area contributed by atoms with Gasteiger partial charge in [-0.2, -0.15) is 5.10 Å². The van der Waals surface area contributed by atoms with E-state index in [-0.39, 0.29) is 23.1 Å². The molecule has 7 nitrogen and oxygen atoms in total. The van der Waals surface area contributed by atoms with Gasteiger partial charge in [-0.15, -0.1) is 0 Å². The highest BCUT2D eigenvalue weighted by Gasteiger charge is 2.16. The molecule has 0 aliphatic carbocycles. The van der Waals surface area contributed by atoms with Crippen molar-refractivity contribution in [3.63, 3.8) is 0 Å². The summed E-state index contributed by atoms with van der Waals surface area (Å²) in [5.41, 5.74) is 0.0570. The van der Waals surface area contributed by atoms with Crippen LogP contribution in [0.5, 0.6) is 11.5 Å². The van der Waals surface area contributed by atoms with Gasteiger partial charge in [0.15, 0.2) is 5.69 Å². The standard InChI is InChI=1S/C23H27N3O4/c1-4-29-17-9-11-18(12-10-17)30-14-13-24-22(27)21-19-7-5-6-8-20(19)23(28)26(25-21)15-16(2)3/h5-12,16H,4,13-15H2,1-3H3,(H,24,27). The Morgan fingerprint density at radius 1 is 1.03 bits per heavy atom. The van der Waals surface area contributed by atoms with Gasteiger partial charge in [-0.1, -0.05) is 32.0 Å². The van der Waals surface area contributed by atoms with Crippen LogP contribution >= 0.6 is 0 Å². The summed E-state index contributed by atoms with van der Waals surface area (Å²) >= 11 is 0. The first-order chi connectivity index (χ1) is 14.5. The normalized spacial score (nSPS) is 10.9. The van der Waals surface area contributed by atoms with E-state index in [0.29, 0.717) is 42.8 Å². The van der Waals surface area contributed by atoms with E-state index in [4.69, 9.17) is 9.47 Å². The molecule has 1 heterocycles. The lowest BCUT2D eigenvalue weighted by molar-refractivity contribution is 0.0941. The van der Waals surface area contributed by atoms with Crippen molar-refractivity contribution in [3.05, 3.63) is 64.6 Å². The van der Waals surface area contributed by atoms with Crippen molar-refractivity contribution in [2.24, 2.45) is 5.92 Å². The van der Waals surface area contributed by atoms with E-state index in [1.54, 1.807) is 24.3 Å². The van der Waals surface area contributed by atoms with Crippen LogP contribution in [0.4, 0.5) is 0 Å². The quantitative estimate of drug-likeness (QED) is 0.549. The predicted molar refractivity (Wildman–Crippen MR) is 116 cm³/mol. The molecule has 7 heteroatoms. The second kappa shape index (κ2) is 9.91. The van der Waals surface area contributed by atoms with Gasteiger partial charge in [-0.05, 0) is 43.2 Å². The van der Waals surface area contributed by atoms with Crippen molar-refractivity contribution >= 4 is 16.7 Å². The monoisotopic (exact) mass is 409 g/mol. The van der Waals surface area contributed by atoms with Crippen LogP contribution in [-0.4, -0.2) is 35.4 Å². The van der Waals surface area contributed by atoms with Gasteiger partial charge >= 0.3 is 0 Å². The van der Waals surface area contributed by atoms with Crippen LogP contribution in [0, 0.1) is 5.92 Å². The summed E-state index contributed by atoms with van der Waals surface area (Å²) in [6, 6.07) is 14.4. The molecule has 0 unspecified atom stereocenters. The van der Waals surface area contributed by atoms with Crippen molar-refractivity contribution in [3.8, 4) is 11.5 Å². The molecule has 3 aromatic rings. The Hall–Kier alpha value is -3.35. The van der Waals surface area contributed by atoms with Gasteiger partial charge in [0, 0.05) is 11.9 Å². The number of rotatable bonds is 9. The van der Waals surface area contributed by atoms with Gasteiger partial charge < -0.3 is 14.8 Å². The topological polar surface area (TPSA) is 82.4 Å². The van der Waals surface area contributed by atoms with Gasteiger partial charge in [0.25, 0.3) is 11.5 Å². The van der Waals surface area contributed by atoms with Crippen molar-refractivity contribution in [2.75, 3.05) is 19.8 Å². The average Bonchev–Trinajstić information content (AvgIpc) is 2.74. The van der Waals surface area contributed by atoms with E-state index in [9.17, 15) is 9.59 Å². The molecule has 0 aliphatic rings. The van der Waals surface area contributed by atoms with Crippen molar-refractivity contribution in [1.29, 1.82) is 0 Å². The number of aromatic nitrogens is 2. The zero-order chi connectivity index (χ0) is 21.5. The Kier molecular flexibility index (Phi) is 7.06. The number of nitrogens with one attached hydrogen (secondary N) is 1. The van der Waals surface area contributed by atoms with Crippen molar-refractivity contribution in [2.45, 2.75) is 27.3 Å². The smallest absolute Gasteiger partial charge is 0.274 e. The molecular weight excluding hydrogens is 382 g/mol. The molecule has 1 N–H and O–H groups in total. The third-order valence-corrected chi connectivity index (χ3v) is 4.41. The highest BCUT2D eigenvalue weighted by atomic mass is 16.5. The van der Waals surface area contributed by atoms with E-state index >= 15 is 0 Å². The Morgan fingerprint density at radius 3 is 2.30 bits per heavy atom. The van der Waals surface area contributed by atoms with Crippen LogP contribution in [-0.2, 0) is 6.54 Å². The molecule has 1 aromatic heterocycles. The first-order valence-corrected chi connectivity index (χ1v) is 10.1. The number of hydrogen-bond acceptors (Lipinski definition) is 5. The van der Waals surface area contributed by atoms with Crippen molar-refractivity contribution < 1.29 is 14.3 Å². The van der Waals surface area contributed by atoms with E-state index in [0.717, 1.165) is 5.75 Å². The third-order valence-electron chi connectivity index (χ3n) is 4.41. The second-order valence-corrected chi connectivity index (χ2v) is 7.28. The average molecular weight is 409 g/mol. The highest BCUT2D eigenvalue weighted by Crippen LogP contribution is 2.17. The van der Waals surface area contributed by atoms with Crippen LogP contribution in [0.2, 0.25) is 0 Å². The number of nitrogens with zero attached hydrogens (tertiary/aromatic N) is 2. The van der Waals surface area contributed by atoms with Gasteiger partial charge in [-0.3, -0.25) is 9.59 Å². The molecule has 0 fully saturated rings. The summed E-state index contributed by atoms with van der Waals surface area (Å²) in [5.74, 6) is 1.38. The fourth-order valence-corrected chi connectivity index (χ4v) is 3.09. The van der Waals surface area contributed by atoms with Gasteiger partial charge in [0.05, 0.1) is 18.5 Å². The maximum Gasteiger partial charge on any atom is 0.274 e. The first-order valence-electron chi connectivity index (χ1n) is 10.1. The molecule has 0 radical (unpaired) electrons. The zero-order valence-corrected chi connectivity index (χ0v) is 17.6. The Balaban J connectivity index is 1.67. The summed E-state index contributed by atoms with van der Waals surface area (Å²) in [7, 11) is 0. The third kappa shape index (κ3) is 5.17. The van der Waals surface area contributed by atoms with Gasteiger partial charge in [-0.25, -0.2) is 4.68 Å². The number of benzene rings is 2. The lowest BCUT2D eigenvalue weighted by Crippen LogP contribution is -2.33. The van der Waals surface area contributed by atoms with E-state index in [1.807, 2.05) is 45.0 Å². The Bertz CT molecular complexity index is 1060. The summed E-state index contributed by atoms with van der Waals surface area (Å²) in [6.45, 7) is 7.61. The van der Waals surface area contributed by atoms with Gasteiger partial charge in [0.1, 0.15) is 18.1 Å². The fraction of sp³-hybridized carbons (Fsp3) is 0.348. The number of fused-ring (bicyclic) bond motifs is 1. The lowest BCUT2D eigenvalue weighted by Gasteiger charge is -2.13. The maximum atomic E-state index is 12.8. The second-order valence-electron chi connectivity index (χ2n) is 7.28. The first kappa shape index (κ1) is 21.4. The van der Waals surface area contributed by atoms with Gasteiger partial charge in [0.2, 0.25) is 0 Å². The SMILES string of the molecule is CCOc1ccc(OCCNC(=O)c2nn(CC(C)C)c(=O)c3ccccc23)cc1. The molecule has 158 valence electrons. The molecule has 0 saturated heterocycles. The van der Waals surface area contributed by atoms with Crippen LogP contribution in [0.25, 0.3) is 10.8 Å². The van der Waals surface area contributed by atoms with Crippen molar-refractivity contribution in [1.82, 2.24) is 15.1 Å². The molecule has 0 saturated carbocycles. The fourth-order valence-electron chi connectivity index (χ4n) is 3.09. The minimum Gasteiger partial charge on any atom is -0.494 e. The van der Waals surface area contributed by atoms with E-state index < -0.39 is 0 Å². The van der Waals surface area contributed by atoms with Crippen LogP contribution in [0.1, 0.15) is 31.3 Å². The Labute approximate surface area is 175 Å². The molecular formula is C23H27N3O4. The molecule has 2 aromatic carbocycles. The molecule has 1 amide bonds. The highest BCUT2D eigenvalue weighted by molar-refractivity contribution is 6.04. The number of amides is 1. The summed E-state index contributed by atoms with van der Waals surface area (Å²) in [6.07, 6.45) is 0. The minimum absolute atomic E-state index is 0.185. The molecule has 0 spiro atoms. The Morgan fingerprint density at radius 2 is 1.67 bits per heavy atom.